The van der Waals surface area contributed by atoms with E-state index in [-0.39, 0.29) is 11.6 Å². The number of carbonyl (C=O) groups is 1. The average Bonchev–Trinajstić information content (AvgIpc) is 3.09. The van der Waals surface area contributed by atoms with Crippen LogP contribution in [0.1, 0.15) is 27.6 Å². The van der Waals surface area contributed by atoms with Gasteiger partial charge in [-0.25, -0.2) is 4.68 Å². The highest BCUT2D eigenvalue weighted by Crippen LogP contribution is 2.15. The van der Waals surface area contributed by atoms with Crippen molar-refractivity contribution >= 4 is 34.9 Å². The molecule has 0 saturated carbocycles. The van der Waals surface area contributed by atoms with Crippen LogP contribution in [-0.4, -0.2) is 29.6 Å². The van der Waals surface area contributed by atoms with Gasteiger partial charge < -0.3 is 5.32 Å². The van der Waals surface area contributed by atoms with Gasteiger partial charge >= 0.3 is 0 Å². The molecule has 1 amide bonds. The zero-order valence-electron chi connectivity index (χ0n) is 12.4. The number of rotatable bonds is 4. The van der Waals surface area contributed by atoms with Gasteiger partial charge in [0.2, 0.25) is 0 Å². The smallest absolute Gasteiger partial charge is 0.278 e. The van der Waals surface area contributed by atoms with E-state index in [1.165, 1.54) is 0 Å². The van der Waals surface area contributed by atoms with E-state index in [1.807, 2.05) is 6.92 Å². The molecule has 0 aliphatic carbocycles. The lowest BCUT2D eigenvalue weighted by molar-refractivity contribution is 0.102. The zero-order valence-corrected chi connectivity index (χ0v) is 14.0. The summed E-state index contributed by atoms with van der Waals surface area (Å²) in [6.07, 6.45) is 0. The molecule has 0 aliphatic rings. The van der Waals surface area contributed by atoms with E-state index in [2.05, 4.69) is 24.4 Å². The predicted octanol–water partition coefficient (Wildman–Crippen LogP) is 2.70. The molecule has 1 N–H and O–H groups in total. The SMILES string of the molecule is Cc1nsnc1Cn1nnc(C(=O)Nc2ccc(Cl)cc2)c1C. The van der Waals surface area contributed by atoms with Crippen molar-refractivity contribution in [2.45, 2.75) is 20.4 Å². The van der Waals surface area contributed by atoms with Gasteiger partial charge in [-0.05, 0) is 38.1 Å². The van der Waals surface area contributed by atoms with Gasteiger partial charge in [-0.3, -0.25) is 4.79 Å². The van der Waals surface area contributed by atoms with Crippen molar-refractivity contribution in [1.82, 2.24) is 23.7 Å². The van der Waals surface area contributed by atoms with Crippen molar-refractivity contribution in [2.24, 2.45) is 0 Å². The standard InChI is InChI=1S/C14H13ClN6OS/c1-8-12(19-23-18-8)7-21-9(2)13(17-20-21)14(22)16-11-5-3-10(15)4-6-11/h3-6H,7H2,1-2H3,(H,16,22). The van der Waals surface area contributed by atoms with Crippen molar-refractivity contribution in [1.29, 1.82) is 0 Å². The Morgan fingerprint density at radius 1 is 1.26 bits per heavy atom. The Hall–Kier alpha value is -2.32. The Kier molecular flexibility index (Phi) is 4.35. The summed E-state index contributed by atoms with van der Waals surface area (Å²) >= 11 is 6.98. The minimum Gasteiger partial charge on any atom is -0.321 e. The molecule has 0 atom stereocenters. The maximum atomic E-state index is 12.3. The molecule has 0 saturated heterocycles. The van der Waals surface area contributed by atoms with Crippen LogP contribution in [0.2, 0.25) is 5.02 Å². The van der Waals surface area contributed by atoms with E-state index in [0.717, 1.165) is 23.1 Å². The van der Waals surface area contributed by atoms with Crippen LogP contribution in [0.15, 0.2) is 24.3 Å². The number of hydrogen-bond acceptors (Lipinski definition) is 6. The molecule has 3 aromatic rings. The monoisotopic (exact) mass is 348 g/mol. The van der Waals surface area contributed by atoms with Crippen LogP contribution in [0, 0.1) is 13.8 Å². The third-order valence-corrected chi connectivity index (χ3v) is 4.26. The second-order valence-corrected chi connectivity index (χ2v) is 5.90. The molecule has 118 valence electrons. The van der Waals surface area contributed by atoms with E-state index in [0.29, 0.717) is 22.9 Å². The molecule has 7 nitrogen and oxygen atoms in total. The number of anilines is 1. The van der Waals surface area contributed by atoms with E-state index >= 15 is 0 Å². The average molecular weight is 349 g/mol. The molecular formula is C14H13ClN6OS. The van der Waals surface area contributed by atoms with Gasteiger partial charge in [-0.1, -0.05) is 16.8 Å². The number of nitrogens with one attached hydrogen (secondary N) is 1. The predicted molar refractivity (Wildman–Crippen MR) is 87.9 cm³/mol. The van der Waals surface area contributed by atoms with Gasteiger partial charge in [0.1, 0.15) is 0 Å². The van der Waals surface area contributed by atoms with Crippen LogP contribution in [0.3, 0.4) is 0 Å². The lowest BCUT2D eigenvalue weighted by atomic mass is 10.2. The Labute approximate surface area is 141 Å². The summed E-state index contributed by atoms with van der Waals surface area (Å²) in [4.78, 5) is 12.3. The maximum Gasteiger partial charge on any atom is 0.278 e. The first kappa shape index (κ1) is 15.6. The fourth-order valence-electron chi connectivity index (χ4n) is 1.98. The largest absolute Gasteiger partial charge is 0.321 e. The van der Waals surface area contributed by atoms with Crippen LogP contribution < -0.4 is 5.32 Å². The number of nitrogens with zero attached hydrogens (tertiary/aromatic N) is 5. The summed E-state index contributed by atoms with van der Waals surface area (Å²) in [5, 5.41) is 11.4. The van der Waals surface area contributed by atoms with Crippen LogP contribution in [0.5, 0.6) is 0 Å². The number of hydrogen-bond donors (Lipinski definition) is 1. The maximum absolute atomic E-state index is 12.3. The molecule has 2 heterocycles. The Morgan fingerprint density at radius 3 is 2.65 bits per heavy atom. The van der Waals surface area contributed by atoms with Crippen LogP contribution >= 0.6 is 23.3 Å². The van der Waals surface area contributed by atoms with E-state index in [9.17, 15) is 4.79 Å². The lowest BCUT2D eigenvalue weighted by Crippen LogP contribution is -2.14. The highest BCUT2D eigenvalue weighted by Gasteiger charge is 2.18. The fourth-order valence-corrected chi connectivity index (χ4v) is 2.66. The Balaban J connectivity index is 1.77. The molecule has 0 aliphatic heterocycles. The molecule has 0 bridgehead atoms. The van der Waals surface area contributed by atoms with Gasteiger partial charge in [0.05, 0.1) is 35.4 Å². The van der Waals surface area contributed by atoms with Crippen LogP contribution in [-0.2, 0) is 6.54 Å². The van der Waals surface area contributed by atoms with Crippen molar-refractivity contribution in [3.63, 3.8) is 0 Å². The zero-order chi connectivity index (χ0) is 16.4. The molecule has 9 heteroatoms. The van der Waals surface area contributed by atoms with Crippen LogP contribution in [0.4, 0.5) is 5.69 Å². The van der Waals surface area contributed by atoms with Gasteiger partial charge in [0.25, 0.3) is 5.91 Å². The highest BCUT2D eigenvalue weighted by molar-refractivity contribution is 6.99. The third kappa shape index (κ3) is 3.38. The van der Waals surface area contributed by atoms with Gasteiger partial charge in [-0.2, -0.15) is 8.75 Å². The number of carbonyl (C=O) groups excluding carboxylic acids is 1. The van der Waals surface area contributed by atoms with Crippen molar-refractivity contribution < 1.29 is 4.79 Å². The van der Waals surface area contributed by atoms with Gasteiger partial charge in [0.15, 0.2) is 5.69 Å². The quantitative estimate of drug-likeness (QED) is 0.783. The number of benzene rings is 1. The number of aryl methyl sites for hydroxylation is 1. The second-order valence-electron chi connectivity index (χ2n) is 4.94. The van der Waals surface area contributed by atoms with Crippen molar-refractivity contribution in [2.75, 3.05) is 5.32 Å². The minimum atomic E-state index is -0.316. The molecule has 0 spiro atoms. The Morgan fingerprint density at radius 2 is 2.00 bits per heavy atom. The second kappa shape index (κ2) is 6.43. The summed E-state index contributed by atoms with van der Waals surface area (Å²) in [5.41, 5.74) is 3.28. The first-order valence-corrected chi connectivity index (χ1v) is 7.90. The molecule has 23 heavy (non-hydrogen) atoms. The summed E-state index contributed by atoms with van der Waals surface area (Å²) in [5.74, 6) is -0.316. The minimum absolute atomic E-state index is 0.279. The summed E-state index contributed by atoms with van der Waals surface area (Å²) < 4.78 is 9.98. The normalized spacial score (nSPS) is 10.7. The third-order valence-electron chi connectivity index (χ3n) is 3.35. The molecule has 3 rings (SSSR count). The molecule has 0 unspecified atom stereocenters. The summed E-state index contributed by atoms with van der Waals surface area (Å²) in [7, 11) is 0. The molecular weight excluding hydrogens is 336 g/mol. The lowest BCUT2D eigenvalue weighted by Gasteiger charge is -2.04. The molecule has 0 radical (unpaired) electrons. The fraction of sp³-hybridized carbons (Fsp3) is 0.214. The molecule has 2 aromatic heterocycles. The summed E-state index contributed by atoms with van der Waals surface area (Å²) in [6, 6.07) is 6.87. The molecule has 0 fully saturated rings. The summed E-state index contributed by atoms with van der Waals surface area (Å²) in [6.45, 7) is 4.13. The van der Waals surface area contributed by atoms with E-state index in [1.54, 1.807) is 35.9 Å². The van der Waals surface area contributed by atoms with Gasteiger partial charge in [0, 0.05) is 10.7 Å². The van der Waals surface area contributed by atoms with Crippen molar-refractivity contribution in [3.05, 3.63) is 52.1 Å². The van der Waals surface area contributed by atoms with Crippen LogP contribution in [0.25, 0.3) is 0 Å². The topological polar surface area (TPSA) is 85.6 Å². The molecule has 1 aromatic carbocycles. The number of aromatic nitrogens is 5. The van der Waals surface area contributed by atoms with Gasteiger partial charge in [-0.15, -0.1) is 5.10 Å². The van der Waals surface area contributed by atoms with E-state index in [4.69, 9.17) is 11.6 Å². The van der Waals surface area contributed by atoms with Crippen molar-refractivity contribution in [3.8, 4) is 0 Å². The highest BCUT2D eigenvalue weighted by atomic mass is 35.5. The first-order chi connectivity index (χ1) is 11.0. The number of halogens is 1. The first-order valence-electron chi connectivity index (χ1n) is 6.79. The van der Waals surface area contributed by atoms with E-state index < -0.39 is 0 Å². The Bertz CT molecular complexity index is 841. The number of amides is 1.